The number of aromatic nitrogens is 3. The van der Waals surface area contributed by atoms with E-state index < -0.39 is 0 Å². The molecule has 6 heteroatoms. The van der Waals surface area contributed by atoms with E-state index in [-0.39, 0.29) is 19.0 Å². The fourth-order valence-corrected chi connectivity index (χ4v) is 2.28. The fourth-order valence-electron chi connectivity index (χ4n) is 2.28. The first-order valence-electron chi connectivity index (χ1n) is 7.30. The Morgan fingerprint density at radius 2 is 2.04 bits per heavy atom. The lowest BCUT2D eigenvalue weighted by Gasteiger charge is -2.06. The van der Waals surface area contributed by atoms with Gasteiger partial charge in [-0.1, -0.05) is 17.3 Å². The smallest absolute Gasteiger partial charge is 0.310 e. The Labute approximate surface area is 133 Å². The number of ether oxygens (including phenoxy) is 1. The number of carbonyl (C=O) groups is 1. The van der Waals surface area contributed by atoms with Crippen molar-refractivity contribution in [1.29, 1.82) is 0 Å². The number of rotatable bonds is 5. The Hall–Kier alpha value is -2.89. The van der Waals surface area contributed by atoms with Crippen LogP contribution in [0, 0.1) is 13.8 Å². The average molecular weight is 311 g/mol. The molecule has 2 heterocycles. The van der Waals surface area contributed by atoms with Crippen molar-refractivity contribution in [3.05, 3.63) is 65.3 Å². The highest BCUT2D eigenvalue weighted by Gasteiger charge is 2.14. The monoisotopic (exact) mass is 311 g/mol. The average Bonchev–Trinajstić information content (AvgIpc) is 3.19. The van der Waals surface area contributed by atoms with Gasteiger partial charge in [0.25, 0.3) is 0 Å². The van der Waals surface area contributed by atoms with E-state index in [1.807, 2.05) is 43.5 Å². The molecule has 0 amide bonds. The Balaban J connectivity index is 1.57. The summed E-state index contributed by atoms with van der Waals surface area (Å²) in [6.45, 7) is 3.84. The Bertz CT molecular complexity index is 770. The summed E-state index contributed by atoms with van der Waals surface area (Å²) < 4.78 is 12.1. The van der Waals surface area contributed by atoms with E-state index in [1.165, 1.54) is 0 Å². The van der Waals surface area contributed by atoms with Crippen molar-refractivity contribution >= 4 is 5.97 Å². The topological polar surface area (TPSA) is 70.2 Å². The summed E-state index contributed by atoms with van der Waals surface area (Å²) in [5.74, 6) is 0.360. The third kappa shape index (κ3) is 3.48. The molecule has 3 rings (SSSR count). The van der Waals surface area contributed by atoms with Crippen LogP contribution >= 0.6 is 0 Å². The second-order valence-electron chi connectivity index (χ2n) is 5.26. The van der Waals surface area contributed by atoms with Crippen LogP contribution in [-0.2, 0) is 22.6 Å². The maximum Gasteiger partial charge on any atom is 0.310 e. The quantitative estimate of drug-likeness (QED) is 0.678. The molecular weight excluding hydrogens is 294 g/mol. The van der Waals surface area contributed by atoms with Gasteiger partial charge in [-0.05, 0) is 37.6 Å². The first-order chi connectivity index (χ1) is 11.1. The van der Waals surface area contributed by atoms with E-state index >= 15 is 0 Å². The van der Waals surface area contributed by atoms with E-state index in [4.69, 9.17) is 9.26 Å². The molecule has 0 radical (unpaired) electrons. The summed E-state index contributed by atoms with van der Waals surface area (Å²) in [5.41, 5.74) is 3.40. The molecule has 0 atom stereocenters. The van der Waals surface area contributed by atoms with Gasteiger partial charge in [-0.3, -0.25) is 4.79 Å². The molecule has 0 aliphatic heterocycles. The summed E-state index contributed by atoms with van der Waals surface area (Å²) in [5, 5.41) is 8.00. The minimum absolute atomic E-state index is 0.173. The third-order valence-electron chi connectivity index (χ3n) is 3.61. The van der Waals surface area contributed by atoms with Crippen molar-refractivity contribution in [2.75, 3.05) is 0 Å². The zero-order chi connectivity index (χ0) is 16.2. The molecular formula is C17H17N3O3. The number of nitrogens with zero attached hydrogens (tertiary/aromatic N) is 3. The highest BCUT2D eigenvalue weighted by Crippen LogP contribution is 2.14. The van der Waals surface area contributed by atoms with E-state index in [9.17, 15) is 4.79 Å². The summed E-state index contributed by atoms with van der Waals surface area (Å²) in [4.78, 5) is 11.9. The maximum absolute atomic E-state index is 11.9. The SMILES string of the molecule is Cc1noc(C)c1CC(=O)OCc1ccc(-n2cccn2)cc1. The molecule has 0 aliphatic rings. The van der Waals surface area contributed by atoms with Crippen LogP contribution in [0.1, 0.15) is 22.6 Å². The Morgan fingerprint density at radius 1 is 1.26 bits per heavy atom. The Kier molecular flexibility index (Phi) is 4.23. The number of esters is 1. The predicted octanol–water partition coefficient (Wildman–Crippen LogP) is 2.76. The number of aryl methyl sites for hydroxylation is 2. The van der Waals surface area contributed by atoms with Gasteiger partial charge in [-0.15, -0.1) is 0 Å². The van der Waals surface area contributed by atoms with Crippen LogP contribution in [0.15, 0.2) is 47.2 Å². The third-order valence-corrected chi connectivity index (χ3v) is 3.61. The van der Waals surface area contributed by atoms with E-state index in [0.29, 0.717) is 5.76 Å². The fraction of sp³-hybridized carbons (Fsp3) is 0.235. The van der Waals surface area contributed by atoms with Gasteiger partial charge in [-0.25, -0.2) is 4.68 Å². The number of carbonyl (C=O) groups excluding carboxylic acids is 1. The van der Waals surface area contributed by atoms with E-state index in [0.717, 1.165) is 22.5 Å². The molecule has 3 aromatic rings. The summed E-state index contributed by atoms with van der Waals surface area (Å²) in [6.07, 6.45) is 3.77. The van der Waals surface area contributed by atoms with Gasteiger partial charge in [0.1, 0.15) is 12.4 Å². The molecule has 23 heavy (non-hydrogen) atoms. The van der Waals surface area contributed by atoms with Crippen molar-refractivity contribution in [3.63, 3.8) is 0 Å². The zero-order valence-electron chi connectivity index (χ0n) is 13.0. The molecule has 0 spiro atoms. The minimum Gasteiger partial charge on any atom is -0.461 e. The minimum atomic E-state index is -0.296. The zero-order valence-corrected chi connectivity index (χ0v) is 13.0. The van der Waals surface area contributed by atoms with Crippen molar-refractivity contribution < 1.29 is 14.1 Å². The highest BCUT2D eigenvalue weighted by molar-refractivity contribution is 5.73. The lowest BCUT2D eigenvalue weighted by molar-refractivity contribution is -0.144. The standard InChI is InChI=1S/C17H17N3O3/c1-12-16(13(2)23-19-12)10-17(21)22-11-14-4-6-15(7-5-14)20-9-3-8-18-20/h3-9H,10-11H2,1-2H3. The number of benzene rings is 1. The number of hydrogen-bond acceptors (Lipinski definition) is 5. The molecule has 2 aromatic heterocycles. The van der Waals surface area contributed by atoms with Crippen LogP contribution in [0.2, 0.25) is 0 Å². The Morgan fingerprint density at radius 3 is 2.65 bits per heavy atom. The molecule has 0 bridgehead atoms. The lowest BCUT2D eigenvalue weighted by Crippen LogP contribution is -2.09. The van der Waals surface area contributed by atoms with Gasteiger partial charge in [0.05, 0.1) is 17.8 Å². The van der Waals surface area contributed by atoms with E-state index in [1.54, 1.807) is 17.8 Å². The second kappa shape index (κ2) is 6.48. The van der Waals surface area contributed by atoms with Crippen LogP contribution in [0.5, 0.6) is 0 Å². The molecule has 0 aliphatic carbocycles. The highest BCUT2D eigenvalue weighted by atomic mass is 16.5. The first-order valence-corrected chi connectivity index (χ1v) is 7.30. The molecule has 6 nitrogen and oxygen atoms in total. The lowest BCUT2D eigenvalue weighted by atomic mass is 10.1. The molecule has 0 fully saturated rings. The predicted molar refractivity (Wildman–Crippen MR) is 83.0 cm³/mol. The molecule has 1 aromatic carbocycles. The van der Waals surface area contributed by atoms with Crippen LogP contribution in [0.25, 0.3) is 5.69 Å². The van der Waals surface area contributed by atoms with Crippen molar-refractivity contribution in [2.24, 2.45) is 0 Å². The summed E-state index contributed by atoms with van der Waals surface area (Å²) in [6, 6.07) is 9.57. The van der Waals surface area contributed by atoms with Gasteiger partial charge >= 0.3 is 5.97 Å². The normalized spacial score (nSPS) is 10.7. The van der Waals surface area contributed by atoms with E-state index in [2.05, 4.69) is 10.3 Å². The van der Waals surface area contributed by atoms with Crippen molar-refractivity contribution in [3.8, 4) is 5.69 Å². The van der Waals surface area contributed by atoms with Gasteiger partial charge in [0.2, 0.25) is 0 Å². The van der Waals surface area contributed by atoms with Crippen LogP contribution in [0.3, 0.4) is 0 Å². The molecule has 0 unspecified atom stereocenters. The van der Waals surface area contributed by atoms with Crippen LogP contribution < -0.4 is 0 Å². The maximum atomic E-state index is 11.9. The number of hydrogen-bond donors (Lipinski definition) is 0. The van der Waals surface area contributed by atoms with Crippen molar-refractivity contribution in [1.82, 2.24) is 14.9 Å². The molecule has 0 saturated carbocycles. The summed E-state index contributed by atoms with van der Waals surface area (Å²) >= 11 is 0. The van der Waals surface area contributed by atoms with Gasteiger partial charge in [0, 0.05) is 18.0 Å². The van der Waals surface area contributed by atoms with Crippen molar-refractivity contribution in [2.45, 2.75) is 26.9 Å². The van der Waals surface area contributed by atoms with Gasteiger partial charge < -0.3 is 9.26 Å². The largest absolute Gasteiger partial charge is 0.461 e. The first kappa shape index (κ1) is 15.0. The van der Waals surface area contributed by atoms with Crippen LogP contribution in [0.4, 0.5) is 0 Å². The summed E-state index contributed by atoms with van der Waals surface area (Å²) in [7, 11) is 0. The molecule has 0 saturated heterocycles. The van der Waals surface area contributed by atoms with Crippen LogP contribution in [-0.4, -0.2) is 20.9 Å². The van der Waals surface area contributed by atoms with Gasteiger partial charge in [0.15, 0.2) is 0 Å². The van der Waals surface area contributed by atoms with Gasteiger partial charge in [-0.2, -0.15) is 5.10 Å². The second-order valence-corrected chi connectivity index (χ2v) is 5.26. The molecule has 0 N–H and O–H groups in total. The molecule has 118 valence electrons.